The molecule has 3 aliphatic rings. The average Bonchev–Trinajstić information content (AvgIpc) is 3.44. The summed E-state index contributed by atoms with van der Waals surface area (Å²) in [5, 5.41) is 4.63. The van der Waals surface area contributed by atoms with E-state index in [1.54, 1.807) is 0 Å². The van der Waals surface area contributed by atoms with Crippen molar-refractivity contribution in [2.45, 2.75) is 64.2 Å². The largest absolute Gasteiger partial charge is 0.370 e. The van der Waals surface area contributed by atoms with Crippen molar-refractivity contribution in [3.63, 3.8) is 0 Å². The fraction of sp³-hybridized carbons (Fsp3) is 0.600. The maximum absolute atomic E-state index is 12.9. The molecule has 1 aromatic carbocycles. The number of nitrogens with zero attached hydrogens (tertiary/aromatic N) is 4. The highest BCUT2D eigenvalue weighted by atomic mass is 16.5. The minimum Gasteiger partial charge on any atom is -0.370 e. The van der Waals surface area contributed by atoms with Gasteiger partial charge >= 0.3 is 0 Å². The Bertz CT molecular complexity index is 935. The van der Waals surface area contributed by atoms with Crippen LogP contribution in [0.25, 0.3) is 0 Å². The van der Waals surface area contributed by atoms with Crippen LogP contribution in [0.2, 0.25) is 0 Å². The van der Waals surface area contributed by atoms with Crippen molar-refractivity contribution in [1.29, 1.82) is 0 Å². The first kappa shape index (κ1) is 20.7. The number of aromatic nitrogens is 2. The van der Waals surface area contributed by atoms with Crippen LogP contribution in [0.4, 0.5) is 0 Å². The van der Waals surface area contributed by atoms with Crippen molar-refractivity contribution < 1.29 is 9.53 Å². The molecule has 2 aromatic rings. The molecule has 0 saturated carbocycles. The lowest BCUT2D eigenvalue weighted by Gasteiger charge is -2.44. The Labute approximate surface area is 185 Å². The molecule has 1 spiro atoms. The number of fused-ring (bicyclic) bond motifs is 1. The van der Waals surface area contributed by atoms with Gasteiger partial charge in [0.25, 0.3) is 5.91 Å². The quantitative estimate of drug-likeness (QED) is 0.759. The van der Waals surface area contributed by atoms with Gasteiger partial charge in [0.1, 0.15) is 0 Å². The van der Waals surface area contributed by atoms with Gasteiger partial charge in [0.15, 0.2) is 5.69 Å². The molecular formula is C25H34N4O2. The Hall–Kier alpha value is -2.18. The number of hydrogen-bond donors (Lipinski definition) is 0. The first-order chi connectivity index (χ1) is 15.1. The fourth-order valence-corrected chi connectivity index (χ4v) is 5.38. The van der Waals surface area contributed by atoms with Gasteiger partial charge in [0.05, 0.1) is 12.2 Å². The molecule has 166 valence electrons. The lowest BCUT2D eigenvalue weighted by molar-refractivity contribution is -0.104. The van der Waals surface area contributed by atoms with Crippen LogP contribution in [-0.2, 0) is 37.8 Å². The van der Waals surface area contributed by atoms with E-state index in [2.05, 4.69) is 41.2 Å². The SMILES string of the molecule is CCc1ccc(CN2CCC3(CC2)Cc2c(c(C(=O)N4CCCC4)nn2C)CO3)cc1. The van der Waals surface area contributed by atoms with Crippen LogP contribution < -0.4 is 0 Å². The number of benzene rings is 1. The Morgan fingerprint density at radius 1 is 1.06 bits per heavy atom. The third-order valence-electron chi connectivity index (χ3n) is 7.49. The maximum atomic E-state index is 12.9. The predicted molar refractivity (Wildman–Crippen MR) is 120 cm³/mol. The summed E-state index contributed by atoms with van der Waals surface area (Å²) in [5.41, 5.74) is 5.49. The monoisotopic (exact) mass is 422 g/mol. The van der Waals surface area contributed by atoms with Crippen molar-refractivity contribution in [2.75, 3.05) is 26.2 Å². The van der Waals surface area contributed by atoms with Crippen LogP contribution >= 0.6 is 0 Å². The van der Waals surface area contributed by atoms with Crippen LogP contribution in [0, 0.1) is 0 Å². The molecule has 0 atom stereocenters. The van der Waals surface area contributed by atoms with E-state index in [0.29, 0.717) is 12.3 Å². The molecule has 0 bridgehead atoms. The normalized spacial score (nSPS) is 20.9. The number of carbonyl (C=O) groups is 1. The molecule has 2 fully saturated rings. The van der Waals surface area contributed by atoms with Crippen molar-refractivity contribution in [3.8, 4) is 0 Å². The minimum atomic E-state index is -0.114. The molecule has 1 aromatic heterocycles. The van der Waals surface area contributed by atoms with Crippen molar-refractivity contribution in [2.24, 2.45) is 7.05 Å². The van der Waals surface area contributed by atoms with E-state index < -0.39 is 0 Å². The Kier molecular flexibility index (Phi) is 5.61. The Balaban J connectivity index is 1.24. The second-order valence-electron chi connectivity index (χ2n) is 9.49. The zero-order chi connectivity index (χ0) is 21.4. The highest BCUT2D eigenvalue weighted by Crippen LogP contribution is 2.37. The van der Waals surface area contributed by atoms with E-state index >= 15 is 0 Å². The number of ether oxygens (including phenoxy) is 1. The summed E-state index contributed by atoms with van der Waals surface area (Å²) in [7, 11) is 1.98. The smallest absolute Gasteiger partial charge is 0.274 e. The topological polar surface area (TPSA) is 50.6 Å². The third-order valence-corrected chi connectivity index (χ3v) is 7.49. The summed E-state index contributed by atoms with van der Waals surface area (Å²) in [5.74, 6) is 0.0813. The molecule has 6 nitrogen and oxygen atoms in total. The molecule has 31 heavy (non-hydrogen) atoms. The van der Waals surface area contributed by atoms with E-state index in [1.165, 1.54) is 16.8 Å². The molecule has 0 N–H and O–H groups in total. The fourth-order valence-electron chi connectivity index (χ4n) is 5.38. The highest BCUT2D eigenvalue weighted by molar-refractivity contribution is 5.94. The van der Waals surface area contributed by atoms with E-state index in [-0.39, 0.29) is 11.5 Å². The molecule has 1 amide bonds. The van der Waals surface area contributed by atoms with Crippen LogP contribution in [0.1, 0.15) is 65.5 Å². The molecule has 6 heteroatoms. The van der Waals surface area contributed by atoms with Crippen LogP contribution in [0.15, 0.2) is 24.3 Å². The van der Waals surface area contributed by atoms with Crippen molar-refractivity contribution in [3.05, 3.63) is 52.3 Å². The predicted octanol–water partition coefficient (Wildman–Crippen LogP) is 3.33. The number of aryl methyl sites for hydroxylation is 2. The van der Waals surface area contributed by atoms with Gasteiger partial charge in [-0.3, -0.25) is 14.4 Å². The van der Waals surface area contributed by atoms with E-state index in [4.69, 9.17) is 4.74 Å². The lowest BCUT2D eigenvalue weighted by atomic mass is 9.83. The van der Waals surface area contributed by atoms with Gasteiger partial charge in [-0.15, -0.1) is 0 Å². The first-order valence-electron chi connectivity index (χ1n) is 11.8. The number of amides is 1. The highest BCUT2D eigenvalue weighted by Gasteiger charge is 2.42. The lowest BCUT2D eigenvalue weighted by Crippen LogP contribution is -2.49. The third kappa shape index (κ3) is 4.03. The second kappa shape index (κ2) is 8.40. The zero-order valence-corrected chi connectivity index (χ0v) is 18.9. The van der Waals surface area contributed by atoms with Gasteiger partial charge < -0.3 is 9.64 Å². The maximum Gasteiger partial charge on any atom is 0.274 e. The van der Waals surface area contributed by atoms with E-state index in [1.807, 2.05) is 16.6 Å². The summed E-state index contributed by atoms with van der Waals surface area (Å²) in [6, 6.07) is 9.02. The Morgan fingerprint density at radius 3 is 2.42 bits per heavy atom. The summed E-state index contributed by atoms with van der Waals surface area (Å²) >= 11 is 0. The van der Waals surface area contributed by atoms with E-state index in [0.717, 1.165) is 76.8 Å². The number of carbonyl (C=O) groups excluding carboxylic acids is 1. The summed E-state index contributed by atoms with van der Waals surface area (Å²) < 4.78 is 8.41. The average molecular weight is 423 g/mol. The van der Waals surface area contributed by atoms with E-state index in [9.17, 15) is 4.79 Å². The summed E-state index contributed by atoms with van der Waals surface area (Å²) in [6.45, 7) is 7.51. The van der Waals surface area contributed by atoms with Gasteiger partial charge in [-0.2, -0.15) is 5.10 Å². The molecule has 0 unspecified atom stereocenters. The molecule has 3 aliphatic heterocycles. The number of piperidine rings is 1. The number of rotatable bonds is 4. The molecule has 4 heterocycles. The number of hydrogen-bond acceptors (Lipinski definition) is 4. The molecule has 2 saturated heterocycles. The molecule has 0 radical (unpaired) electrons. The molecule has 5 rings (SSSR count). The molecule has 0 aliphatic carbocycles. The van der Waals surface area contributed by atoms with Gasteiger partial charge in [0.2, 0.25) is 0 Å². The standard InChI is InChI=1S/C25H34N4O2/c1-3-19-6-8-20(9-7-19)17-28-14-10-25(11-15-28)16-22-21(18-31-25)23(26-27(22)2)24(30)29-12-4-5-13-29/h6-9H,3-5,10-18H2,1-2H3. The molecular weight excluding hydrogens is 388 g/mol. The van der Waals surface area contributed by atoms with Crippen LogP contribution in [0.5, 0.6) is 0 Å². The van der Waals surface area contributed by atoms with Gasteiger partial charge in [-0.05, 0) is 43.2 Å². The zero-order valence-electron chi connectivity index (χ0n) is 18.9. The van der Waals surface area contributed by atoms with Gasteiger partial charge in [-0.25, -0.2) is 0 Å². The van der Waals surface area contributed by atoms with Crippen LogP contribution in [0.3, 0.4) is 0 Å². The van der Waals surface area contributed by atoms with Gasteiger partial charge in [-0.1, -0.05) is 31.2 Å². The van der Waals surface area contributed by atoms with Gasteiger partial charge in [0, 0.05) is 57.4 Å². The van der Waals surface area contributed by atoms with Crippen molar-refractivity contribution >= 4 is 5.91 Å². The minimum absolute atomic E-state index is 0.0813. The number of likely N-dealkylation sites (tertiary alicyclic amines) is 2. The van der Waals surface area contributed by atoms with Crippen molar-refractivity contribution in [1.82, 2.24) is 19.6 Å². The Morgan fingerprint density at radius 2 is 1.74 bits per heavy atom. The summed E-state index contributed by atoms with van der Waals surface area (Å²) in [4.78, 5) is 17.4. The second-order valence-corrected chi connectivity index (χ2v) is 9.49. The summed E-state index contributed by atoms with van der Waals surface area (Å²) in [6.07, 6.45) is 6.20. The first-order valence-corrected chi connectivity index (χ1v) is 11.8. The van der Waals surface area contributed by atoms with Crippen LogP contribution in [-0.4, -0.2) is 57.3 Å².